The Kier molecular flexibility index (Phi) is 4.95. The lowest BCUT2D eigenvalue weighted by atomic mass is 10.0. The van der Waals surface area contributed by atoms with Crippen molar-refractivity contribution in [3.63, 3.8) is 0 Å². The highest BCUT2D eigenvalue weighted by Crippen LogP contribution is 2.33. The molecule has 0 unspecified atom stereocenters. The van der Waals surface area contributed by atoms with Gasteiger partial charge in [-0.2, -0.15) is 0 Å². The highest BCUT2D eigenvalue weighted by Gasteiger charge is 2.13. The number of nitrogens with zero attached hydrogens (tertiary/aromatic N) is 3. The molecular formula is C26H20N4O2. The first-order valence-corrected chi connectivity index (χ1v) is 10.2. The fourth-order valence-electron chi connectivity index (χ4n) is 3.77. The number of fused-ring (bicyclic) bond motifs is 2. The maximum atomic E-state index is 11.7. The van der Waals surface area contributed by atoms with Crippen LogP contribution >= 0.6 is 0 Å². The number of primary amides is 1. The number of carbonyl (C=O) groups is 1. The molecular weight excluding hydrogens is 400 g/mol. The van der Waals surface area contributed by atoms with Crippen molar-refractivity contribution >= 4 is 27.7 Å². The van der Waals surface area contributed by atoms with E-state index in [0.717, 1.165) is 38.6 Å². The van der Waals surface area contributed by atoms with Crippen LogP contribution in [-0.4, -0.2) is 20.9 Å². The van der Waals surface area contributed by atoms with Crippen molar-refractivity contribution in [3.8, 4) is 16.9 Å². The molecule has 156 valence electrons. The third-order valence-corrected chi connectivity index (χ3v) is 5.36. The van der Waals surface area contributed by atoms with E-state index in [0.29, 0.717) is 17.0 Å². The van der Waals surface area contributed by atoms with Crippen molar-refractivity contribution in [1.82, 2.24) is 15.0 Å². The van der Waals surface area contributed by atoms with E-state index in [-0.39, 0.29) is 6.61 Å². The first kappa shape index (κ1) is 19.6. The monoisotopic (exact) mass is 420 g/mol. The minimum Gasteiger partial charge on any atom is -0.487 e. The summed E-state index contributed by atoms with van der Waals surface area (Å²) in [6, 6.07) is 21.4. The van der Waals surface area contributed by atoms with Crippen LogP contribution in [0, 0.1) is 6.92 Å². The van der Waals surface area contributed by atoms with Gasteiger partial charge >= 0.3 is 0 Å². The molecule has 0 atom stereocenters. The quantitative estimate of drug-likeness (QED) is 0.440. The van der Waals surface area contributed by atoms with Crippen molar-refractivity contribution in [2.24, 2.45) is 5.73 Å². The molecule has 0 bridgehead atoms. The molecule has 0 aliphatic rings. The molecule has 2 N–H and O–H groups in total. The average molecular weight is 420 g/mol. The van der Waals surface area contributed by atoms with E-state index >= 15 is 0 Å². The lowest BCUT2D eigenvalue weighted by Crippen LogP contribution is -2.15. The van der Waals surface area contributed by atoms with Crippen molar-refractivity contribution in [3.05, 3.63) is 96.1 Å². The summed E-state index contributed by atoms with van der Waals surface area (Å²) in [4.78, 5) is 25.1. The molecule has 5 aromatic rings. The average Bonchev–Trinajstić information content (AvgIpc) is 2.82. The first-order chi connectivity index (χ1) is 15.6. The molecule has 3 aromatic heterocycles. The number of pyridine rings is 3. The van der Waals surface area contributed by atoms with Crippen molar-refractivity contribution < 1.29 is 9.53 Å². The second kappa shape index (κ2) is 8.07. The van der Waals surface area contributed by atoms with Gasteiger partial charge in [-0.05, 0) is 72.6 Å². The van der Waals surface area contributed by atoms with E-state index in [9.17, 15) is 4.79 Å². The van der Waals surface area contributed by atoms with Crippen LogP contribution in [0.15, 0.2) is 79.1 Å². The Morgan fingerprint density at radius 1 is 0.906 bits per heavy atom. The maximum absolute atomic E-state index is 11.7. The summed E-state index contributed by atoms with van der Waals surface area (Å²) in [6.45, 7) is 2.10. The number of nitrogens with two attached hydrogens (primary N) is 1. The minimum absolute atomic E-state index is 0.119. The number of amides is 1. The third kappa shape index (κ3) is 3.74. The van der Waals surface area contributed by atoms with Gasteiger partial charge in [0, 0.05) is 28.9 Å². The molecule has 2 aromatic carbocycles. The molecule has 0 saturated carbocycles. The smallest absolute Gasteiger partial charge is 0.250 e. The lowest BCUT2D eigenvalue weighted by molar-refractivity contribution is 0.0997. The van der Waals surface area contributed by atoms with E-state index in [4.69, 9.17) is 10.5 Å². The molecule has 0 saturated heterocycles. The number of carbonyl (C=O) groups excluding carboxylic acids is 1. The molecule has 0 fully saturated rings. The van der Waals surface area contributed by atoms with Crippen LogP contribution in [0.25, 0.3) is 32.9 Å². The molecule has 3 heterocycles. The highest BCUT2D eigenvalue weighted by atomic mass is 16.5. The van der Waals surface area contributed by atoms with Gasteiger partial charge in [0.15, 0.2) is 0 Å². The van der Waals surface area contributed by atoms with Crippen molar-refractivity contribution in [2.75, 3.05) is 0 Å². The number of benzene rings is 2. The molecule has 0 aliphatic heterocycles. The zero-order chi connectivity index (χ0) is 22.1. The number of aryl methyl sites for hydroxylation is 1. The summed E-state index contributed by atoms with van der Waals surface area (Å²) in [5.74, 6) is 0.130. The molecule has 1 amide bonds. The van der Waals surface area contributed by atoms with Gasteiger partial charge < -0.3 is 10.5 Å². The van der Waals surface area contributed by atoms with Gasteiger partial charge in [-0.15, -0.1) is 0 Å². The van der Waals surface area contributed by atoms with Crippen LogP contribution in [0.1, 0.15) is 21.7 Å². The van der Waals surface area contributed by atoms with Gasteiger partial charge in [0.25, 0.3) is 5.91 Å². The fraction of sp³-hybridized carbons (Fsp3) is 0.0769. The molecule has 6 nitrogen and oxygen atoms in total. The van der Waals surface area contributed by atoms with Crippen LogP contribution in [-0.2, 0) is 6.61 Å². The molecule has 0 aliphatic carbocycles. The van der Waals surface area contributed by atoms with Gasteiger partial charge in [0.05, 0.1) is 22.3 Å². The summed E-state index contributed by atoms with van der Waals surface area (Å²) in [7, 11) is 0. The number of rotatable bonds is 5. The minimum atomic E-state index is -0.531. The number of hydrogen-bond acceptors (Lipinski definition) is 5. The number of aromatic nitrogens is 3. The highest BCUT2D eigenvalue weighted by molar-refractivity contribution is 5.94. The van der Waals surface area contributed by atoms with Gasteiger partial charge in [-0.3, -0.25) is 19.7 Å². The Morgan fingerprint density at radius 2 is 1.75 bits per heavy atom. The predicted octanol–water partition coefficient (Wildman–Crippen LogP) is 4.83. The lowest BCUT2D eigenvalue weighted by Gasteiger charge is -2.13. The second-order valence-electron chi connectivity index (χ2n) is 7.56. The van der Waals surface area contributed by atoms with Gasteiger partial charge in [-0.1, -0.05) is 12.1 Å². The topological polar surface area (TPSA) is 91.0 Å². The Morgan fingerprint density at radius 3 is 2.62 bits per heavy atom. The van der Waals surface area contributed by atoms with E-state index in [1.165, 1.54) is 0 Å². The van der Waals surface area contributed by atoms with Crippen LogP contribution in [0.4, 0.5) is 0 Å². The maximum Gasteiger partial charge on any atom is 0.250 e. The fourth-order valence-corrected chi connectivity index (χ4v) is 3.77. The van der Waals surface area contributed by atoms with Crippen molar-refractivity contribution in [2.45, 2.75) is 13.5 Å². The number of hydrogen-bond donors (Lipinski definition) is 1. The van der Waals surface area contributed by atoms with Crippen LogP contribution in [0.2, 0.25) is 0 Å². The van der Waals surface area contributed by atoms with Crippen LogP contribution in [0.3, 0.4) is 0 Å². The summed E-state index contributed by atoms with van der Waals surface area (Å²) in [5.41, 5.74) is 11.1. The molecule has 32 heavy (non-hydrogen) atoms. The van der Waals surface area contributed by atoms with Crippen molar-refractivity contribution in [1.29, 1.82) is 0 Å². The second-order valence-corrected chi connectivity index (χ2v) is 7.56. The zero-order valence-electron chi connectivity index (χ0n) is 17.4. The SMILES string of the molecule is Cc1ccc2cc(-c3cc(OCc4ncccc4C(N)=O)c4cccnc4c3)ccc2n1. The zero-order valence-corrected chi connectivity index (χ0v) is 17.4. The Bertz CT molecular complexity index is 1480. The third-order valence-electron chi connectivity index (χ3n) is 5.36. The number of ether oxygens (including phenoxy) is 1. The van der Waals surface area contributed by atoms with E-state index in [2.05, 4.69) is 27.1 Å². The van der Waals surface area contributed by atoms with Gasteiger partial charge in [0.1, 0.15) is 12.4 Å². The van der Waals surface area contributed by atoms with E-state index in [1.807, 2.05) is 49.4 Å². The van der Waals surface area contributed by atoms with E-state index < -0.39 is 5.91 Å². The van der Waals surface area contributed by atoms with E-state index in [1.54, 1.807) is 24.5 Å². The Balaban J connectivity index is 1.56. The standard InChI is InChI=1S/C26H20N4O2/c1-16-6-7-18-12-17(8-9-22(18)30-16)19-13-23-20(4-2-10-28-23)25(14-19)32-15-24-21(26(27)31)5-3-11-29-24/h2-14H,15H2,1H3,(H2,27,31). The van der Waals surface area contributed by atoms with Crippen LogP contribution < -0.4 is 10.5 Å². The normalized spacial score (nSPS) is 11.0. The molecule has 6 heteroatoms. The molecule has 5 rings (SSSR count). The van der Waals surface area contributed by atoms with Gasteiger partial charge in [-0.25, -0.2) is 0 Å². The van der Waals surface area contributed by atoms with Gasteiger partial charge in [0.2, 0.25) is 0 Å². The Hall–Kier alpha value is -4.32. The summed E-state index contributed by atoms with van der Waals surface area (Å²) < 4.78 is 6.14. The largest absolute Gasteiger partial charge is 0.487 e. The summed E-state index contributed by atoms with van der Waals surface area (Å²) in [5, 5.41) is 1.95. The predicted molar refractivity (Wildman–Crippen MR) is 124 cm³/mol. The van der Waals surface area contributed by atoms with Crippen LogP contribution in [0.5, 0.6) is 5.75 Å². The summed E-state index contributed by atoms with van der Waals surface area (Å²) in [6.07, 6.45) is 3.37. The molecule has 0 spiro atoms. The molecule has 0 radical (unpaired) electrons. The Labute approximate surface area is 184 Å². The first-order valence-electron chi connectivity index (χ1n) is 10.2. The summed E-state index contributed by atoms with van der Waals surface area (Å²) >= 11 is 0.